The molecule has 3 atom stereocenters. The smallest absolute Gasteiger partial charge is 0.326 e. The fourth-order valence-electron chi connectivity index (χ4n) is 3.79. The molecule has 0 aliphatic carbocycles. The summed E-state index contributed by atoms with van der Waals surface area (Å²) in [5, 5.41) is 7.11. The SMILES string of the molecule is CSCC[C@H]1NC(=O)N(C[NH+]2CCc3sccc3[C@@H]2c2cccs2)C1=O. The first-order valence-electron chi connectivity index (χ1n) is 8.74. The van der Waals surface area contributed by atoms with Crippen LogP contribution in [-0.4, -0.2) is 48.1 Å². The van der Waals surface area contributed by atoms with E-state index in [0.29, 0.717) is 13.1 Å². The van der Waals surface area contributed by atoms with Gasteiger partial charge in [0.15, 0.2) is 12.7 Å². The minimum Gasteiger partial charge on any atom is -0.326 e. The fourth-order valence-corrected chi connectivity index (χ4v) is 6.08. The van der Waals surface area contributed by atoms with Crippen molar-refractivity contribution in [2.24, 2.45) is 0 Å². The van der Waals surface area contributed by atoms with Crippen molar-refractivity contribution in [1.82, 2.24) is 10.2 Å². The number of nitrogens with zero attached hydrogens (tertiary/aromatic N) is 1. The molecule has 0 aromatic carbocycles. The molecule has 5 nitrogen and oxygen atoms in total. The van der Waals surface area contributed by atoms with Gasteiger partial charge in [-0.2, -0.15) is 11.8 Å². The van der Waals surface area contributed by atoms with Gasteiger partial charge in [-0.1, -0.05) is 6.07 Å². The summed E-state index contributed by atoms with van der Waals surface area (Å²) in [6.45, 7) is 1.36. The highest BCUT2D eigenvalue weighted by Gasteiger charge is 2.42. The van der Waals surface area contributed by atoms with Gasteiger partial charge >= 0.3 is 6.03 Å². The van der Waals surface area contributed by atoms with E-state index in [1.165, 1.54) is 25.1 Å². The first-order chi connectivity index (χ1) is 12.7. The van der Waals surface area contributed by atoms with Gasteiger partial charge in [-0.25, -0.2) is 9.69 Å². The highest BCUT2D eigenvalue weighted by atomic mass is 32.2. The Bertz CT molecular complexity index is 789. The molecule has 1 unspecified atom stereocenters. The maximum atomic E-state index is 12.7. The van der Waals surface area contributed by atoms with Crippen molar-refractivity contribution in [2.75, 3.05) is 25.2 Å². The van der Waals surface area contributed by atoms with E-state index in [2.05, 4.69) is 34.3 Å². The number of rotatable bonds is 6. The number of carbonyl (C=O) groups is 2. The van der Waals surface area contributed by atoms with Crippen molar-refractivity contribution >= 4 is 46.4 Å². The first-order valence-corrected chi connectivity index (χ1v) is 11.9. The molecule has 1 fully saturated rings. The average molecular weight is 409 g/mol. The van der Waals surface area contributed by atoms with E-state index < -0.39 is 0 Å². The molecule has 2 aliphatic rings. The first kappa shape index (κ1) is 18.0. The van der Waals surface area contributed by atoms with Crippen LogP contribution >= 0.6 is 34.4 Å². The van der Waals surface area contributed by atoms with Crippen molar-refractivity contribution in [1.29, 1.82) is 0 Å². The monoisotopic (exact) mass is 408 g/mol. The van der Waals surface area contributed by atoms with Crippen LogP contribution < -0.4 is 10.2 Å². The molecule has 26 heavy (non-hydrogen) atoms. The highest BCUT2D eigenvalue weighted by molar-refractivity contribution is 7.98. The Morgan fingerprint density at radius 2 is 2.19 bits per heavy atom. The Balaban J connectivity index is 1.55. The largest absolute Gasteiger partial charge is 0.329 e. The molecule has 0 bridgehead atoms. The summed E-state index contributed by atoms with van der Waals surface area (Å²) < 4.78 is 0. The number of hydrogen-bond acceptors (Lipinski definition) is 5. The van der Waals surface area contributed by atoms with Crippen molar-refractivity contribution in [3.63, 3.8) is 0 Å². The summed E-state index contributed by atoms with van der Waals surface area (Å²) in [5.74, 6) is 0.801. The summed E-state index contributed by atoms with van der Waals surface area (Å²) in [4.78, 5) is 30.5. The van der Waals surface area contributed by atoms with Gasteiger partial charge in [-0.05, 0) is 41.3 Å². The zero-order valence-electron chi connectivity index (χ0n) is 14.6. The number of nitrogens with one attached hydrogen (secondary N) is 2. The lowest BCUT2D eigenvalue weighted by Crippen LogP contribution is -3.15. The Morgan fingerprint density at radius 3 is 2.96 bits per heavy atom. The molecule has 2 N–H and O–H groups in total. The second kappa shape index (κ2) is 7.72. The molecule has 8 heteroatoms. The molecule has 1 saturated heterocycles. The Hall–Kier alpha value is -1.35. The molecule has 0 spiro atoms. The number of thioether (sulfide) groups is 1. The van der Waals surface area contributed by atoms with Crippen molar-refractivity contribution in [2.45, 2.75) is 24.9 Å². The van der Waals surface area contributed by atoms with Gasteiger partial charge in [0.2, 0.25) is 0 Å². The van der Waals surface area contributed by atoms with Crippen LogP contribution in [-0.2, 0) is 11.2 Å². The van der Waals surface area contributed by atoms with E-state index in [4.69, 9.17) is 0 Å². The minimum absolute atomic E-state index is 0.0717. The zero-order valence-corrected chi connectivity index (χ0v) is 17.0. The van der Waals surface area contributed by atoms with E-state index in [1.807, 2.05) is 17.6 Å². The van der Waals surface area contributed by atoms with Crippen molar-refractivity contribution in [3.8, 4) is 0 Å². The summed E-state index contributed by atoms with van der Waals surface area (Å²) in [5.41, 5.74) is 1.35. The van der Waals surface area contributed by atoms with Gasteiger partial charge in [0.1, 0.15) is 6.04 Å². The molecule has 2 aliphatic heterocycles. The third-order valence-corrected chi connectivity index (χ3v) is 7.66. The van der Waals surface area contributed by atoms with Crippen LogP contribution in [0.2, 0.25) is 0 Å². The molecule has 4 rings (SSSR count). The fraction of sp³-hybridized carbons (Fsp3) is 0.444. The number of urea groups is 1. The lowest BCUT2D eigenvalue weighted by Gasteiger charge is -2.33. The molecular weight excluding hydrogens is 386 g/mol. The number of hydrogen-bond donors (Lipinski definition) is 2. The summed E-state index contributed by atoms with van der Waals surface area (Å²) >= 11 is 5.26. The second-order valence-electron chi connectivity index (χ2n) is 6.61. The Labute approximate surface area is 165 Å². The van der Waals surface area contributed by atoms with E-state index >= 15 is 0 Å². The van der Waals surface area contributed by atoms with Crippen LogP contribution in [0.4, 0.5) is 4.79 Å². The van der Waals surface area contributed by atoms with Crippen LogP contribution in [0.15, 0.2) is 29.0 Å². The normalized spacial score (nSPS) is 25.4. The Morgan fingerprint density at radius 1 is 1.31 bits per heavy atom. The van der Waals surface area contributed by atoms with Gasteiger partial charge < -0.3 is 10.2 Å². The minimum atomic E-state index is -0.365. The lowest BCUT2D eigenvalue weighted by molar-refractivity contribution is -0.934. The average Bonchev–Trinajstić information content (AvgIpc) is 3.37. The van der Waals surface area contributed by atoms with Crippen molar-refractivity contribution < 1.29 is 14.5 Å². The van der Waals surface area contributed by atoms with Gasteiger partial charge in [-0.3, -0.25) is 4.79 Å². The number of fused-ring (bicyclic) bond motifs is 1. The van der Waals surface area contributed by atoms with Crippen LogP contribution in [0.5, 0.6) is 0 Å². The molecule has 138 valence electrons. The number of amides is 3. The molecular formula is C18H22N3O2S3+. The van der Waals surface area contributed by atoms with Crippen LogP contribution in [0.1, 0.15) is 27.8 Å². The Kier molecular flexibility index (Phi) is 5.35. The number of quaternary nitrogens is 1. The van der Waals surface area contributed by atoms with Gasteiger partial charge in [0.25, 0.3) is 5.91 Å². The number of carbonyl (C=O) groups excluding carboxylic acids is 2. The molecule has 4 heterocycles. The third kappa shape index (κ3) is 3.31. The maximum Gasteiger partial charge on any atom is 0.329 e. The lowest BCUT2D eigenvalue weighted by atomic mass is 9.99. The van der Waals surface area contributed by atoms with E-state index in [-0.39, 0.29) is 24.0 Å². The molecule has 0 radical (unpaired) electrons. The van der Waals surface area contributed by atoms with Crippen LogP contribution in [0.3, 0.4) is 0 Å². The summed E-state index contributed by atoms with van der Waals surface area (Å²) in [7, 11) is 0. The van der Waals surface area contributed by atoms with E-state index in [1.54, 1.807) is 23.1 Å². The molecule has 3 amide bonds. The quantitative estimate of drug-likeness (QED) is 0.719. The molecule has 2 aromatic heterocycles. The molecule has 0 saturated carbocycles. The molecule has 2 aromatic rings. The third-order valence-electron chi connectivity index (χ3n) is 5.08. The van der Waals surface area contributed by atoms with Crippen LogP contribution in [0.25, 0.3) is 0 Å². The zero-order chi connectivity index (χ0) is 18.1. The van der Waals surface area contributed by atoms with Crippen molar-refractivity contribution in [3.05, 3.63) is 44.3 Å². The van der Waals surface area contributed by atoms with Gasteiger partial charge in [0, 0.05) is 16.9 Å². The topological polar surface area (TPSA) is 53.9 Å². The predicted molar refractivity (Wildman–Crippen MR) is 107 cm³/mol. The predicted octanol–water partition coefficient (Wildman–Crippen LogP) is 1.97. The summed E-state index contributed by atoms with van der Waals surface area (Å²) in [6, 6.07) is 6.04. The van der Waals surface area contributed by atoms with E-state index in [0.717, 1.165) is 18.7 Å². The standard InChI is InChI=1S/C18H21N3O2S3/c1-24-9-6-13-17(22)21(18(23)19-13)11-20-7-4-14-12(5-10-26-14)16(20)15-3-2-8-25-15/h2-3,5,8,10,13,16H,4,6-7,9,11H2,1H3,(H,19,23)/p+1/t13-,16-/m1/s1. The summed E-state index contributed by atoms with van der Waals surface area (Å²) in [6.07, 6.45) is 3.71. The van der Waals surface area contributed by atoms with Gasteiger partial charge in [-0.15, -0.1) is 22.7 Å². The maximum absolute atomic E-state index is 12.7. The van der Waals surface area contributed by atoms with Gasteiger partial charge in [0.05, 0.1) is 11.4 Å². The van der Waals surface area contributed by atoms with Crippen LogP contribution in [0, 0.1) is 0 Å². The van der Waals surface area contributed by atoms with E-state index in [9.17, 15) is 9.59 Å². The highest BCUT2D eigenvalue weighted by Crippen LogP contribution is 2.31. The second-order valence-corrected chi connectivity index (χ2v) is 9.58. The number of thiophene rings is 2. The number of imide groups is 1.